The second-order valence-electron chi connectivity index (χ2n) is 7.81. The number of anilines is 1. The number of hydrogen-bond donors (Lipinski definition) is 0. The SMILES string of the molecule is Cc1nc(C2CCN(Cc3nccn3C)CC2)nc(N2CCCC2)c1C. The molecule has 2 aliphatic heterocycles. The van der Waals surface area contributed by atoms with Crippen molar-refractivity contribution in [1.29, 1.82) is 0 Å². The summed E-state index contributed by atoms with van der Waals surface area (Å²) in [4.78, 5) is 19.3. The van der Waals surface area contributed by atoms with Crippen molar-refractivity contribution >= 4 is 5.82 Å². The smallest absolute Gasteiger partial charge is 0.135 e. The molecule has 26 heavy (non-hydrogen) atoms. The van der Waals surface area contributed by atoms with E-state index in [0.29, 0.717) is 5.92 Å². The second kappa shape index (κ2) is 7.35. The molecular formula is C20H30N6. The van der Waals surface area contributed by atoms with E-state index in [4.69, 9.17) is 9.97 Å². The van der Waals surface area contributed by atoms with Crippen molar-refractivity contribution in [3.05, 3.63) is 35.3 Å². The molecule has 2 saturated heterocycles. The highest BCUT2D eigenvalue weighted by atomic mass is 15.2. The highest BCUT2D eigenvalue weighted by Crippen LogP contribution is 2.30. The van der Waals surface area contributed by atoms with E-state index in [-0.39, 0.29) is 0 Å². The van der Waals surface area contributed by atoms with Crippen molar-refractivity contribution in [3.63, 3.8) is 0 Å². The second-order valence-corrected chi connectivity index (χ2v) is 7.81. The first-order valence-corrected chi connectivity index (χ1v) is 9.90. The number of rotatable bonds is 4. The molecule has 6 nitrogen and oxygen atoms in total. The van der Waals surface area contributed by atoms with Crippen LogP contribution in [0.3, 0.4) is 0 Å². The molecule has 2 aromatic heterocycles. The van der Waals surface area contributed by atoms with Crippen molar-refractivity contribution in [2.75, 3.05) is 31.1 Å². The Hall–Kier alpha value is -1.95. The lowest BCUT2D eigenvalue weighted by atomic mass is 9.95. The molecule has 0 saturated carbocycles. The number of aromatic nitrogens is 4. The lowest BCUT2D eigenvalue weighted by Gasteiger charge is -2.31. The molecule has 2 aliphatic rings. The average molecular weight is 355 g/mol. The van der Waals surface area contributed by atoms with Crippen molar-refractivity contribution in [2.45, 2.75) is 52.0 Å². The van der Waals surface area contributed by atoms with E-state index in [1.807, 2.05) is 12.4 Å². The quantitative estimate of drug-likeness (QED) is 0.845. The number of hydrogen-bond acceptors (Lipinski definition) is 5. The summed E-state index contributed by atoms with van der Waals surface area (Å²) < 4.78 is 2.11. The van der Waals surface area contributed by atoms with Crippen LogP contribution >= 0.6 is 0 Å². The molecule has 0 spiro atoms. The lowest BCUT2D eigenvalue weighted by molar-refractivity contribution is 0.196. The van der Waals surface area contributed by atoms with Gasteiger partial charge in [-0.1, -0.05) is 0 Å². The van der Waals surface area contributed by atoms with Crippen molar-refractivity contribution in [1.82, 2.24) is 24.4 Å². The zero-order valence-electron chi connectivity index (χ0n) is 16.3. The number of likely N-dealkylation sites (tertiary alicyclic amines) is 1. The van der Waals surface area contributed by atoms with Crippen LogP contribution in [0.5, 0.6) is 0 Å². The van der Waals surface area contributed by atoms with Gasteiger partial charge in [-0.25, -0.2) is 15.0 Å². The van der Waals surface area contributed by atoms with Crippen molar-refractivity contribution in [2.24, 2.45) is 7.05 Å². The topological polar surface area (TPSA) is 50.1 Å². The van der Waals surface area contributed by atoms with E-state index >= 15 is 0 Å². The molecule has 4 rings (SSSR count). The summed E-state index contributed by atoms with van der Waals surface area (Å²) in [5.41, 5.74) is 2.40. The number of nitrogens with zero attached hydrogens (tertiary/aromatic N) is 6. The van der Waals surface area contributed by atoms with Crippen LogP contribution in [0.1, 0.15) is 54.5 Å². The minimum Gasteiger partial charge on any atom is -0.356 e. The Bertz CT molecular complexity index is 754. The minimum atomic E-state index is 0.480. The predicted molar refractivity (Wildman–Crippen MR) is 103 cm³/mol. The normalized spacial score (nSPS) is 19.4. The first kappa shape index (κ1) is 17.5. The van der Waals surface area contributed by atoms with Crippen LogP contribution in [-0.2, 0) is 13.6 Å². The Morgan fingerprint density at radius 3 is 2.42 bits per heavy atom. The molecule has 0 bridgehead atoms. The van der Waals surface area contributed by atoms with Gasteiger partial charge in [-0.15, -0.1) is 0 Å². The van der Waals surface area contributed by atoms with Crippen LogP contribution in [0.2, 0.25) is 0 Å². The van der Waals surface area contributed by atoms with Crippen LogP contribution in [0, 0.1) is 13.8 Å². The standard InChI is InChI=1S/C20H30N6/c1-15-16(2)22-19(23-20(15)26-9-4-5-10-26)17-6-11-25(12-7-17)14-18-21-8-13-24(18)3/h8,13,17H,4-7,9-12,14H2,1-3H3. The first-order chi connectivity index (χ1) is 12.6. The van der Waals surface area contributed by atoms with Gasteiger partial charge in [0.1, 0.15) is 17.5 Å². The monoisotopic (exact) mass is 354 g/mol. The number of aryl methyl sites for hydroxylation is 2. The van der Waals surface area contributed by atoms with E-state index in [1.165, 1.54) is 24.2 Å². The summed E-state index contributed by atoms with van der Waals surface area (Å²) in [5, 5.41) is 0. The Kier molecular flexibility index (Phi) is 4.94. The third kappa shape index (κ3) is 3.47. The van der Waals surface area contributed by atoms with Crippen LogP contribution < -0.4 is 4.90 Å². The van der Waals surface area contributed by atoms with Gasteiger partial charge in [-0.05, 0) is 52.6 Å². The molecule has 0 amide bonds. The Morgan fingerprint density at radius 1 is 1.04 bits per heavy atom. The fourth-order valence-electron chi connectivity index (χ4n) is 4.15. The Morgan fingerprint density at radius 2 is 1.77 bits per heavy atom. The Balaban J connectivity index is 1.45. The van der Waals surface area contributed by atoms with Gasteiger partial charge < -0.3 is 9.47 Å². The summed E-state index contributed by atoms with van der Waals surface area (Å²) in [7, 11) is 2.07. The van der Waals surface area contributed by atoms with Gasteiger partial charge in [0.05, 0.1) is 6.54 Å². The van der Waals surface area contributed by atoms with Crippen LogP contribution in [0.25, 0.3) is 0 Å². The maximum Gasteiger partial charge on any atom is 0.135 e. The molecule has 6 heteroatoms. The molecule has 0 aromatic carbocycles. The van der Waals surface area contributed by atoms with Gasteiger partial charge in [-0.2, -0.15) is 0 Å². The van der Waals surface area contributed by atoms with E-state index < -0.39 is 0 Å². The number of piperidine rings is 1. The molecule has 0 aliphatic carbocycles. The highest BCUT2D eigenvalue weighted by molar-refractivity contribution is 5.49. The molecule has 0 unspecified atom stereocenters. The lowest BCUT2D eigenvalue weighted by Crippen LogP contribution is -2.34. The molecule has 2 aromatic rings. The van der Waals surface area contributed by atoms with Crippen LogP contribution in [0.4, 0.5) is 5.82 Å². The summed E-state index contributed by atoms with van der Waals surface area (Å²) in [6.45, 7) is 9.69. The average Bonchev–Trinajstić information content (AvgIpc) is 3.30. The third-order valence-electron chi connectivity index (χ3n) is 6.03. The van der Waals surface area contributed by atoms with Gasteiger partial charge in [0, 0.05) is 49.7 Å². The molecule has 140 valence electrons. The van der Waals surface area contributed by atoms with E-state index in [0.717, 1.165) is 62.9 Å². The summed E-state index contributed by atoms with van der Waals surface area (Å²) >= 11 is 0. The van der Waals surface area contributed by atoms with Crippen LogP contribution in [-0.4, -0.2) is 50.6 Å². The maximum absolute atomic E-state index is 5.03. The zero-order valence-corrected chi connectivity index (χ0v) is 16.3. The largest absolute Gasteiger partial charge is 0.356 e. The van der Waals surface area contributed by atoms with Gasteiger partial charge >= 0.3 is 0 Å². The van der Waals surface area contributed by atoms with Gasteiger partial charge in [0.2, 0.25) is 0 Å². The highest BCUT2D eigenvalue weighted by Gasteiger charge is 2.26. The van der Waals surface area contributed by atoms with Gasteiger partial charge in [-0.3, -0.25) is 4.90 Å². The molecule has 0 atom stereocenters. The fraction of sp³-hybridized carbons (Fsp3) is 0.650. The van der Waals surface area contributed by atoms with E-state index in [9.17, 15) is 0 Å². The Labute approximate surface area is 156 Å². The third-order valence-corrected chi connectivity index (χ3v) is 6.03. The molecule has 4 heterocycles. The maximum atomic E-state index is 5.03. The molecular weight excluding hydrogens is 324 g/mol. The number of imidazole rings is 1. The minimum absolute atomic E-state index is 0.480. The first-order valence-electron chi connectivity index (χ1n) is 9.90. The fourth-order valence-corrected chi connectivity index (χ4v) is 4.15. The zero-order chi connectivity index (χ0) is 18.1. The predicted octanol–water partition coefficient (Wildman–Crippen LogP) is 2.81. The van der Waals surface area contributed by atoms with E-state index in [2.05, 4.69) is 40.2 Å². The summed E-state index contributed by atoms with van der Waals surface area (Å²) in [6.07, 6.45) is 8.72. The summed E-state index contributed by atoms with van der Waals surface area (Å²) in [5.74, 6) is 3.86. The molecule has 2 fully saturated rings. The van der Waals surface area contributed by atoms with Crippen molar-refractivity contribution in [3.8, 4) is 0 Å². The van der Waals surface area contributed by atoms with Crippen LogP contribution in [0.15, 0.2) is 12.4 Å². The van der Waals surface area contributed by atoms with Gasteiger partial charge in [0.25, 0.3) is 0 Å². The summed E-state index contributed by atoms with van der Waals surface area (Å²) in [6, 6.07) is 0. The molecule has 0 N–H and O–H groups in total. The van der Waals surface area contributed by atoms with Crippen molar-refractivity contribution < 1.29 is 0 Å². The van der Waals surface area contributed by atoms with E-state index in [1.54, 1.807) is 0 Å². The van der Waals surface area contributed by atoms with Gasteiger partial charge in [0.15, 0.2) is 0 Å². The molecule has 0 radical (unpaired) electrons.